The SMILES string of the molecule is Cc1ccc(CN2CCN(c3nnc(C(F)(F)F)s3)CC2)s1. The van der Waals surface area contributed by atoms with E-state index in [0.29, 0.717) is 29.6 Å². The predicted octanol–water partition coefficient (Wildman–Crippen LogP) is 3.25. The molecule has 0 spiro atoms. The number of nitrogens with zero attached hydrogens (tertiary/aromatic N) is 4. The van der Waals surface area contributed by atoms with Gasteiger partial charge < -0.3 is 4.90 Å². The molecular weight excluding hydrogens is 333 g/mol. The highest BCUT2D eigenvalue weighted by Gasteiger charge is 2.36. The van der Waals surface area contributed by atoms with Gasteiger partial charge in [-0.25, -0.2) is 0 Å². The third kappa shape index (κ3) is 3.58. The van der Waals surface area contributed by atoms with Gasteiger partial charge in [-0.1, -0.05) is 11.3 Å². The van der Waals surface area contributed by atoms with E-state index in [9.17, 15) is 13.2 Å². The first-order valence-electron chi connectivity index (χ1n) is 6.85. The molecule has 3 heterocycles. The largest absolute Gasteiger partial charge is 0.445 e. The molecule has 120 valence electrons. The highest BCUT2D eigenvalue weighted by Crippen LogP contribution is 2.34. The fraction of sp³-hybridized carbons (Fsp3) is 0.538. The van der Waals surface area contributed by atoms with Crippen molar-refractivity contribution in [3.8, 4) is 0 Å². The molecule has 0 aromatic carbocycles. The zero-order valence-corrected chi connectivity index (χ0v) is 13.6. The van der Waals surface area contributed by atoms with Crippen LogP contribution in [0.15, 0.2) is 12.1 Å². The van der Waals surface area contributed by atoms with E-state index in [-0.39, 0.29) is 0 Å². The van der Waals surface area contributed by atoms with Crippen LogP contribution in [0.5, 0.6) is 0 Å². The van der Waals surface area contributed by atoms with E-state index in [1.54, 1.807) is 11.3 Å². The predicted molar refractivity (Wildman–Crippen MR) is 81.5 cm³/mol. The lowest BCUT2D eigenvalue weighted by molar-refractivity contribution is -0.138. The van der Waals surface area contributed by atoms with Gasteiger partial charge in [-0.05, 0) is 19.1 Å². The molecule has 1 aliphatic heterocycles. The molecule has 0 bridgehead atoms. The Balaban J connectivity index is 1.56. The second kappa shape index (κ2) is 6.13. The molecule has 0 atom stereocenters. The Labute approximate surface area is 134 Å². The number of aryl methyl sites for hydroxylation is 1. The van der Waals surface area contributed by atoms with Crippen LogP contribution >= 0.6 is 22.7 Å². The van der Waals surface area contributed by atoms with Crippen LogP contribution in [0.25, 0.3) is 0 Å². The average molecular weight is 348 g/mol. The van der Waals surface area contributed by atoms with Crippen LogP contribution in [0, 0.1) is 6.92 Å². The summed E-state index contributed by atoms with van der Waals surface area (Å²) in [4.78, 5) is 6.81. The van der Waals surface area contributed by atoms with E-state index < -0.39 is 11.2 Å². The van der Waals surface area contributed by atoms with Crippen molar-refractivity contribution >= 4 is 27.8 Å². The average Bonchev–Trinajstić information content (AvgIpc) is 3.08. The quantitative estimate of drug-likeness (QED) is 0.852. The van der Waals surface area contributed by atoms with E-state index in [0.717, 1.165) is 19.6 Å². The molecule has 4 nitrogen and oxygen atoms in total. The molecule has 2 aromatic heterocycles. The second-order valence-corrected chi connectivity index (χ2v) is 7.49. The Morgan fingerprint density at radius 2 is 1.82 bits per heavy atom. The minimum Gasteiger partial charge on any atom is -0.344 e. The van der Waals surface area contributed by atoms with Crippen LogP contribution < -0.4 is 4.90 Å². The van der Waals surface area contributed by atoms with E-state index >= 15 is 0 Å². The van der Waals surface area contributed by atoms with Crippen LogP contribution in [0.3, 0.4) is 0 Å². The minimum absolute atomic E-state index is 0.360. The van der Waals surface area contributed by atoms with E-state index in [4.69, 9.17) is 0 Å². The molecule has 9 heteroatoms. The summed E-state index contributed by atoms with van der Waals surface area (Å²) in [6, 6.07) is 4.24. The number of hydrogen-bond donors (Lipinski definition) is 0. The van der Waals surface area contributed by atoms with E-state index in [1.807, 2.05) is 4.90 Å². The smallest absolute Gasteiger partial charge is 0.344 e. The molecule has 1 saturated heterocycles. The summed E-state index contributed by atoms with van der Waals surface area (Å²) in [7, 11) is 0. The van der Waals surface area contributed by atoms with Crippen molar-refractivity contribution in [2.75, 3.05) is 31.1 Å². The maximum Gasteiger partial charge on any atom is 0.445 e. The topological polar surface area (TPSA) is 32.3 Å². The molecule has 2 aromatic rings. The van der Waals surface area contributed by atoms with Crippen LogP contribution in [0.2, 0.25) is 0 Å². The summed E-state index contributed by atoms with van der Waals surface area (Å²) < 4.78 is 37.7. The van der Waals surface area contributed by atoms with Crippen molar-refractivity contribution < 1.29 is 13.2 Å². The maximum absolute atomic E-state index is 12.6. The number of anilines is 1. The first-order valence-corrected chi connectivity index (χ1v) is 8.48. The van der Waals surface area contributed by atoms with Gasteiger partial charge in [0.1, 0.15) is 0 Å². The molecule has 1 aliphatic rings. The summed E-state index contributed by atoms with van der Waals surface area (Å²) in [5.74, 6) is 0. The number of thiophene rings is 1. The van der Waals surface area contributed by atoms with Crippen LogP contribution in [-0.4, -0.2) is 41.3 Å². The van der Waals surface area contributed by atoms with E-state index in [2.05, 4.69) is 34.2 Å². The number of hydrogen-bond acceptors (Lipinski definition) is 6. The fourth-order valence-electron chi connectivity index (χ4n) is 2.35. The number of aromatic nitrogens is 2. The Morgan fingerprint density at radius 3 is 2.36 bits per heavy atom. The van der Waals surface area contributed by atoms with Crippen molar-refractivity contribution in [3.05, 3.63) is 26.9 Å². The molecule has 0 amide bonds. The fourth-order valence-corrected chi connectivity index (χ4v) is 4.04. The highest BCUT2D eigenvalue weighted by atomic mass is 32.1. The van der Waals surface area contributed by atoms with Gasteiger partial charge in [-0.15, -0.1) is 21.5 Å². The summed E-state index contributed by atoms with van der Waals surface area (Å²) in [6.07, 6.45) is -4.41. The summed E-state index contributed by atoms with van der Waals surface area (Å²) in [6.45, 7) is 5.97. The molecule has 0 radical (unpaired) electrons. The molecule has 0 saturated carbocycles. The minimum atomic E-state index is -4.41. The molecular formula is C13H15F3N4S2. The number of piperazine rings is 1. The van der Waals surface area contributed by atoms with Crippen molar-refractivity contribution in [2.24, 2.45) is 0 Å². The standard InChI is InChI=1S/C13H15F3N4S2/c1-9-2-3-10(21-9)8-19-4-6-20(7-5-19)12-18-17-11(22-12)13(14,15)16/h2-3H,4-8H2,1H3. The summed E-state index contributed by atoms with van der Waals surface area (Å²) >= 11 is 2.40. The normalized spacial score (nSPS) is 17.2. The molecule has 0 unspecified atom stereocenters. The lowest BCUT2D eigenvalue weighted by Crippen LogP contribution is -2.45. The highest BCUT2D eigenvalue weighted by molar-refractivity contribution is 7.15. The molecule has 22 heavy (non-hydrogen) atoms. The number of alkyl halides is 3. The monoisotopic (exact) mass is 348 g/mol. The van der Waals surface area contributed by atoms with Crippen LogP contribution in [0.1, 0.15) is 14.8 Å². The van der Waals surface area contributed by atoms with Crippen molar-refractivity contribution in [3.63, 3.8) is 0 Å². The molecule has 3 rings (SSSR count). The van der Waals surface area contributed by atoms with Gasteiger partial charge in [0, 0.05) is 42.5 Å². The second-order valence-electron chi connectivity index (χ2n) is 5.16. The molecule has 1 fully saturated rings. The van der Waals surface area contributed by atoms with Crippen molar-refractivity contribution in [1.82, 2.24) is 15.1 Å². The van der Waals surface area contributed by atoms with Crippen molar-refractivity contribution in [1.29, 1.82) is 0 Å². The van der Waals surface area contributed by atoms with Gasteiger partial charge in [-0.3, -0.25) is 4.90 Å². The third-order valence-corrected chi connectivity index (χ3v) is 5.49. The summed E-state index contributed by atoms with van der Waals surface area (Å²) in [5.41, 5.74) is 0. The van der Waals surface area contributed by atoms with Crippen LogP contribution in [0.4, 0.5) is 18.3 Å². The Kier molecular flexibility index (Phi) is 4.37. The lowest BCUT2D eigenvalue weighted by atomic mass is 10.3. The van der Waals surface area contributed by atoms with E-state index in [1.165, 1.54) is 9.75 Å². The van der Waals surface area contributed by atoms with Gasteiger partial charge in [0.25, 0.3) is 0 Å². The van der Waals surface area contributed by atoms with Gasteiger partial charge >= 0.3 is 6.18 Å². The molecule has 0 aliphatic carbocycles. The zero-order chi connectivity index (χ0) is 15.7. The Morgan fingerprint density at radius 1 is 1.09 bits per heavy atom. The summed E-state index contributed by atoms with van der Waals surface area (Å²) in [5, 5.41) is 6.40. The number of halogens is 3. The molecule has 0 N–H and O–H groups in total. The number of rotatable bonds is 3. The maximum atomic E-state index is 12.6. The Hall–Kier alpha value is -1.19. The van der Waals surface area contributed by atoms with Crippen molar-refractivity contribution in [2.45, 2.75) is 19.6 Å². The Bertz CT molecular complexity index is 629. The zero-order valence-electron chi connectivity index (χ0n) is 11.9. The van der Waals surface area contributed by atoms with Gasteiger partial charge in [0.2, 0.25) is 10.1 Å². The van der Waals surface area contributed by atoms with Gasteiger partial charge in [0.05, 0.1) is 0 Å². The van der Waals surface area contributed by atoms with Gasteiger partial charge in [-0.2, -0.15) is 13.2 Å². The lowest BCUT2D eigenvalue weighted by Gasteiger charge is -2.34. The van der Waals surface area contributed by atoms with Crippen LogP contribution in [-0.2, 0) is 12.7 Å². The first-order chi connectivity index (χ1) is 10.4. The first kappa shape index (κ1) is 15.7. The van der Waals surface area contributed by atoms with Gasteiger partial charge in [0.15, 0.2) is 0 Å². The third-order valence-electron chi connectivity index (χ3n) is 3.48.